The van der Waals surface area contributed by atoms with E-state index in [9.17, 15) is 4.79 Å². The first-order chi connectivity index (χ1) is 8.06. The third kappa shape index (κ3) is 4.30. The van der Waals surface area contributed by atoms with Crippen molar-refractivity contribution in [2.24, 2.45) is 5.92 Å². The number of likely N-dealkylation sites (tertiary alicyclic amines) is 1. The predicted molar refractivity (Wildman–Crippen MR) is 70.1 cm³/mol. The molecule has 100 valence electrons. The molecule has 1 fully saturated rings. The van der Waals surface area contributed by atoms with Crippen molar-refractivity contribution in [3.8, 4) is 0 Å². The molecule has 0 amide bonds. The SMILES string of the molecule is CCC(C)C(C)N1CCCCC1CCC(=O)O. The summed E-state index contributed by atoms with van der Waals surface area (Å²) in [6.45, 7) is 7.98. The van der Waals surface area contributed by atoms with Gasteiger partial charge < -0.3 is 5.11 Å². The number of hydrogen-bond acceptors (Lipinski definition) is 2. The van der Waals surface area contributed by atoms with E-state index in [2.05, 4.69) is 25.7 Å². The van der Waals surface area contributed by atoms with E-state index in [1.165, 1.54) is 25.7 Å². The zero-order valence-electron chi connectivity index (χ0n) is 11.5. The molecule has 0 aliphatic carbocycles. The fourth-order valence-corrected chi connectivity index (χ4v) is 2.83. The number of rotatable bonds is 6. The maximum atomic E-state index is 10.7. The molecule has 0 aromatic carbocycles. The van der Waals surface area contributed by atoms with Crippen molar-refractivity contribution in [3.05, 3.63) is 0 Å². The Morgan fingerprint density at radius 3 is 2.71 bits per heavy atom. The number of piperidine rings is 1. The number of aliphatic carboxylic acids is 1. The third-order valence-corrected chi connectivity index (χ3v) is 4.35. The maximum absolute atomic E-state index is 10.7. The Balaban J connectivity index is 2.55. The van der Waals surface area contributed by atoms with E-state index in [-0.39, 0.29) is 0 Å². The van der Waals surface area contributed by atoms with Gasteiger partial charge in [-0.05, 0) is 38.6 Å². The maximum Gasteiger partial charge on any atom is 0.303 e. The molecule has 3 heteroatoms. The predicted octanol–water partition coefficient (Wildman–Crippen LogP) is 3.14. The van der Waals surface area contributed by atoms with Crippen molar-refractivity contribution in [1.82, 2.24) is 4.90 Å². The van der Waals surface area contributed by atoms with E-state index in [0.29, 0.717) is 24.4 Å². The average molecular weight is 241 g/mol. The lowest BCUT2D eigenvalue weighted by Gasteiger charge is -2.42. The largest absolute Gasteiger partial charge is 0.481 e. The first-order valence-electron chi connectivity index (χ1n) is 7.03. The van der Waals surface area contributed by atoms with Crippen LogP contribution in [0.4, 0.5) is 0 Å². The van der Waals surface area contributed by atoms with Crippen LogP contribution in [0.25, 0.3) is 0 Å². The topological polar surface area (TPSA) is 40.5 Å². The Morgan fingerprint density at radius 1 is 1.41 bits per heavy atom. The number of carboxylic acid groups (broad SMARTS) is 1. The lowest BCUT2D eigenvalue weighted by molar-refractivity contribution is -0.137. The van der Waals surface area contributed by atoms with Crippen molar-refractivity contribution < 1.29 is 9.90 Å². The second-order valence-electron chi connectivity index (χ2n) is 5.45. The Morgan fingerprint density at radius 2 is 2.12 bits per heavy atom. The van der Waals surface area contributed by atoms with Gasteiger partial charge in [-0.1, -0.05) is 26.7 Å². The average Bonchev–Trinajstić information content (AvgIpc) is 2.34. The van der Waals surface area contributed by atoms with Crippen LogP contribution in [0.15, 0.2) is 0 Å². The van der Waals surface area contributed by atoms with Crippen LogP contribution in [0, 0.1) is 5.92 Å². The van der Waals surface area contributed by atoms with Crippen molar-refractivity contribution in [3.63, 3.8) is 0 Å². The summed E-state index contributed by atoms with van der Waals surface area (Å²) in [5.74, 6) is 0.0344. The van der Waals surface area contributed by atoms with Gasteiger partial charge in [-0.25, -0.2) is 0 Å². The van der Waals surface area contributed by atoms with Gasteiger partial charge in [0.2, 0.25) is 0 Å². The fourth-order valence-electron chi connectivity index (χ4n) is 2.83. The van der Waals surface area contributed by atoms with Crippen LogP contribution in [0.3, 0.4) is 0 Å². The Hall–Kier alpha value is -0.570. The lowest BCUT2D eigenvalue weighted by Crippen LogP contribution is -2.47. The zero-order chi connectivity index (χ0) is 12.8. The highest BCUT2D eigenvalue weighted by Gasteiger charge is 2.28. The van der Waals surface area contributed by atoms with Gasteiger partial charge in [-0.3, -0.25) is 9.69 Å². The second kappa shape index (κ2) is 7.00. The van der Waals surface area contributed by atoms with Crippen LogP contribution < -0.4 is 0 Å². The molecule has 0 saturated carbocycles. The second-order valence-corrected chi connectivity index (χ2v) is 5.45. The summed E-state index contributed by atoms with van der Waals surface area (Å²) >= 11 is 0. The smallest absolute Gasteiger partial charge is 0.303 e. The summed E-state index contributed by atoms with van der Waals surface area (Å²) < 4.78 is 0. The highest BCUT2D eigenvalue weighted by molar-refractivity contribution is 5.66. The van der Waals surface area contributed by atoms with E-state index < -0.39 is 5.97 Å². The normalized spacial score (nSPS) is 25.5. The van der Waals surface area contributed by atoms with Gasteiger partial charge in [0, 0.05) is 18.5 Å². The molecule has 3 nitrogen and oxygen atoms in total. The van der Waals surface area contributed by atoms with Crippen LogP contribution in [0.1, 0.15) is 59.3 Å². The summed E-state index contributed by atoms with van der Waals surface area (Å²) in [6.07, 6.45) is 6.03. The van der Waals surface area contributed by atoms with Crippen LogP contribution >= 0.6 is 0 Å². The summed E-state index contributed by atoms with van der Waals surface area (Å²) in [5, 5.41) is 8.81. The molecule has 1 saturated heterocycles. The molecule has 3 unspecified atom stereocenters. The highest BCUT2D eigenvalue weighted by Crippen LogP contribution is 2.26. The van der Waals surface area contributed by atoms with E-state index in [1.54, 1.807) is 0 Å². The quantitative estimate of drug-likeness (QED) is 0.776. The van der Waals surface area contributed by atoms with Crippen molar-refractivity contribution in [1.29, 1.82) is 0 Å². The van der Waals surface area contributed by atoms with Crippen LogP contribution in [-0.2, 0) is 4.79 Å². The molecule has 1 aliphatic rings. The molecule has 0 aromatic rings. The number of nitrogens with zero attached hydrogens (tertiary/aromatic N) is 1. The zero-order valence-corrected chi connectivity index (χ0v) is 11.5. The molecule has 1 rings (SSSR count). The van der Waals surface area contributed by atoms with E-state index in [0.717, 1.165) is 13.0 Å². The van der Waals surface area contributed by atoms with Gasteiger partial charge in [0.25, 0.3) is 0 Å². The van der Waals surface area contributed by atoms with Gasteiger partial charge in [-0.15, -0.1) is 0 Å². The first kappa shape index (κ1) is 14.5. The highest BCUT2D eigenvalue weighted by atomic mass is 16.4. The van der Waals surface area contributed by atoms with Gasteiger partial charge >= 0.3 is 5.97 Å². The summed E-state index contributed by atoms with van der Waals surface area (Å²) in [7, 11) is 0. The summed E-state index contributed by atoms with van der Waals surface area (Å²) in [5.41, 5.74) is 0. The fraction of sp³-hybridized carbons (Fsp3) is 0.929. The summed E-state index contributed by atoms with van der Waals surface area (Å²) in [6, 6.07) is 1.07. The van der Waals surface area contributed by atoms with Gasteiger partial charge in [0.1, 0.15) is 0 Å². The van der Waals surface area contributed by atoms with Gasteiger partial charge in [0.15, 0.2) is 0 Å². The molecule has 0 aromatic heterocycles. The molecule has 0 radical (unpaired) electrons. The molecule has 0 spiro atoms. The molecule has 17 heavy (non-hydrogen) atoms. The molecule has 1 N–H and O–H groups in total. The molecule has 1 aliphatic heterocycles. The van der Waals surface area contributed by atoms with Gasteiger partial charge in [-0.2, -0.15) is 0 Å². The standard InChI is InChI=1S/C14H27NO2/c1-4-11(2)12(3)15-10-6-5-7-13(15)8-9-14(16)17/h11-13H,4-10H2,1-3H3,(H,16,17). The third-order valence-electron chi connectivity index (χ3n) is 4.35. The Labute approximate surface area is 105 Å². The molecular formula is C14H27NO2. The van der Waals surface area contributed by atoms with Gasteiger partial charge in [0.05, 0.1) is 0 Å². The Bertz CT molecular complexity index is 242. The number of carbonyl (C=O) groups is 1. The van der Waals surface area contributed by atoms with Crippen LogP contribution in [0.5, 0.6) is 0 Å². The minimum absolute atomic E-state index is 0.314. The number of hydrogen-bond donors (Lipinski definition) is 1. The van der Waals surface area contributed by atoms with Crippen molar-refractivity contribution in [2.75, 3.05) is 6.54 Å². The molecular weight excluding hydrogens is 214 g/mol. The first-order valence-corrected chi connectivity index (χ1v) is 7.03. The van der Waals surface area contributed by atoms with Crippen molar-refractivity contribution >= 4 is 5.97 Å². The monoisotopic (exact) mass is 241 g/mol. The Kier molecular flexibility index (Phi) is 5.96. The minimum atomic E-state index is -0.660. The summed E-state index contributed by atoms with van der Waals surface area (Å²) in [4.78, 5) is 13.2. The van der Waals surface area contributed by atoms with Crippen LogP contribution in [-0.4, -0.2) is 34.6 Å². The molecule has 0 bridgehead atoms. The van der Waals surface area contributed by atoms with E-state index in [1.807, 2.05) is 0 Å². The molecule has 1 heterocycles. The van der Waals surface area contributed by atoms with E-state index >= 15 is 0 Å². The lowest BCUT2D eigenvalue weighted by atomic mass is 9.91. The molecule has 3 atom stereocenters. The van der Waals surface area contributed by atoms with Crippen molar-refractivity contribution in [2.45, 2.75) is 71.4 Å². The number of carboxylic acids is 1. The van der Waals surface area contributed by atoms with Crippen LogP contribution in [0.2, 0.25) is 0 Å². The van der Waals surface area contributed by atoms with E-state index in [4.69, 9.17) is 5.11 Å². The minimum Gasteiger partial charge on any atom is -0.481 e.